The lowest BCUT2D eigenvalue weighted by Gasteiger charge is -2.33. The maximum Gasteiger partial charge on any atom is 0.407 e. The molecule has 0 saturated carbocycles. The van der Waals surface area contributed by atoms with Crippen LogP contribution in [0.3, 0.4) is 0 Å². The molecule has 2 aromatic carbocycles. The van der Waals surface area contributed by atoms with Crippen molar-refractivity contribution in [3.8, 4) is 0 Å². The third kappa shape index (κ3) is 5.19. The number of anilines is 2. The average Bonchev–Trinajstić information content (AvgIpc) is 2.88. The number of carbonyl (C=O) groups excluding carboxylic acids is 3. The minimum atomic E-state index is -1.46. The van der Waals surface area contributed by atoms with Gasteiger partial charge in [-0.15, -0.1) is 0 Å². The second-order valence-electron chi connectivity index (χ2n) is 9.16. The van der Waals surface area contributed by atoms with Crippen LogP contribution in [0.5, 0.6) is 0 Å². The molecule has 0 unspecified atom stereocenters. The summed E-state index contributed by atoms with van der Waals surface area (Å²) in [5, 5.41) is 18.5. The molecule has 0 spiro atoms. The zero-order valence-corrected chi connectivity index (χ0v) is 19.4. The number of carboxylic acids is 1. The lowest BCUT2D eigenvalue weighted by Crippen LogP contribution is -2.42. The summed E-state index contributed by atoms with van der Waals surface area (Å²) >= 11 is 0. The molecule has 1 aliphatic carbocycles. The quantitative estimate of drug-likeness (QED) is 0.441. The number of carboxylic acid groups (broad SMARTS) is 1. The molecule has 0 atom stereocenters. The van der Waals surface area contributed by atoms with Crippen molar-refractivity contribution in [2.24, 2.45) is 0 Å². The first-order valence-electron chi connectivity index (χ1n) is 11.0. The molecule has 3 amide bonds. The normalized spacial score (nSPS) is 14.0. The summed E-state index contributed by atoms with van der Waals surface area (Å²) in [5.41, 5.74) is 1.74. The molecule has 0 fully saturated rings. The van der Waals surface area contributed by atoms with Crippen LogP contribution in [0.4, 0.5) is 16.2 Å². The van der Waals surface area contributed by atoms with Crippen molar-refractivity contribution >= 4 is 36.3 Å². The Kier molecular flexibility index (Phi) is 7.24. The second kappa shape index (κ2) is 9.94. The maximum atomic E-state index is 13.0. The molecule has 180 valence electrons. The summed E-state index contributed by atoms with van der Waals surface area (Å²) in [6.45, 7) is 5.31. The van der Waals surface area contributed by atoms with Gasteiger partial charge in [0.05, 0.1) is 0 Å². The number of aliphatic carboxylic acids is 1. The van der Waals surface area contributed by atoms with Crippen molar-refractivity contribution in [3.05, 3.63) is 58.7 Å². The van der Waals surface area contributed by atoms with Crippen molar-refractivity contribution in [1.82, 2.24) is 5.32 Å². The van der Waals surface area contributed by atoms with E-state index in [0.29, 0.717) is 48.2 Å². The van der Waals surface area contributed by atoms with Gasteiger partial charge >= 0.3 is 12.1 Å². The molecule has 0 aliphatic heterocycles. The van der Waals surface area contributed by atoms with E-state index in [1.54, 1.807) is 57.2 Å². The molecule has 0 heterocycles. The van der Waals surface area contributed by atoms with E-state index in [1.807, 2.05) is 0 Å². The Morgan fingerprint density at radius 1 is 0.971 bits per heavy atom. The number of hydrogen-bond donors (Lipinski definition) is 4. The molecule has 9 heteroatoms. The number of fused-ring (bicyclic) bond motifs is 2. The van der Waals surface area contributed by atoms with Crippen LogP contribution < -0.4 is 16.0 Å². The van der Waals surface area contributed by atoms with Crippen LogP contribution in [0.2, 0.25) is 0 Å². The maximum absolute atomic E-state index is 13.0. The van der Waals surface area contributed by atoms with E-state index in [0.717, 1.165) is 11.1 Å². The Morgan fingerprint density at radius 2 is 1.47 bits per heavy atom. The van der Waals surface area contributed by atoms with Crippen LogP contribution in [0.15, 0.2) is 36.4 Å². The van der Waals surface area contributed by atoms with Gasteiger partial charge in [-0.2, -0.15) is 0 Å². The van der Waals surface area contributed by atoms with Crippen LogP contribution in [0.25, 0.3) is 0 Å². The van der Waals surface area contributed by atoms with Gasteiger partial charge in [0.1, 0.15) is 11.0 Å². The minimum Gasteiger partial charge on any atom is -0.480 e. The molecule has 0 radical (unpaired) electrons. The van der Waals surface area contributed by atoms with E-state index in [2.05, 4.69) is 16.0 Å². The van der Waals surface area contributed by atoms with Gasteiger partial charge in [-0.25, -0.2) is 4.79 Å². The zero-order valence-electron chi connectivity index (χ0n) is 19.4. The highest BCUT2D eigenvalue weighted by Crippen LogP contribution is 2.44. The number of carbonyl (C=O) groups is 4. The second-order valence-corrected chi connectivity index (χ2v) is 9.16. The third-order valence-corrected chi connectivity index (χ3v) is 5.78. The largest absolute Gasteiger partial charge is 0.480 e. The van der Waals surface area contributed by atoms with Crippen LogP contribution in [-0.2, 0) is 37.4 Å². The van der Waals surface area contributed by atoms with E-state index < -0.39 is 23.1 Å². The van der Waals surface area contributed by atoms with Gasteiger partial charge in [0.15, 0.2) is 0 Å². The SMILES string of the molecule is CC(C)(C)OC(=O)NCCC1(C(=O)O)c2ccc(NC=O)cc2CCc2cc(NC=O)ccc21. The molecule has 0 aromatic heterocycles. The molecule has 0 saturated heterocycles. The van der Waals surface area contributed by atoms with Crippen molar-refractivity contribution in [1.29, 1.82) is 0 Å². The van der Waals surface area contributed by atoms with E-state index >= 15 is 0 Å². The van der Waals surface area contributed by atoms with E-state index in [4.69, 9.17) is 4.74 Å². The number of nitrogens with one attached hydrogen (secondary N) is 3. The number of hydrogen-bond acceptors (Lipinski definition) is 5. The highest BCUT2D eigenvalue weighted by atomic mass is 16.6. The van der Waals surface area contributed by atoms with Crippen LogP contribution >= 0.6 is 0 Å². The highest BCUT2D eigenvalue weighted by molar-refractivity contribution is 5.89. The Morgan fingerprint density at radius 3 is 1.88 bits per heavy atom. The Balaban J connectivity index is 2.09. The van der Waals surface area contributed by atoms with Crippen molar-refractivity contribution in [2.45, 2.75) is 51.0 Å². The number of ether oxygens (including phenoxy) is 1. The van der Waals surface area contributed by atoms with Gasteiger partial charge in [0.25, 0.3) is 0 Å². The molecule has 0 bridgehead atoms. The Labute approximate surface area is 197 Å². The number of benzene rings is 2. The predicted molar refractivity (Wildman–Crippen MR) is 127 cm³/mol. The van der Waals surface area contributed by atoms with Crippen LogP contribution in [0, 0.1) is 0 Å². The monoisotopic (exact) mass is 467 g/mol. The molecular formula is C25H29N3O6. The fourth-order valence-corrected chi connectivity index (χ4v) is 4.44. The van der Waals surface area contributed by atoms with Gasteiger partial charge in [0.2, 0.25) is 12.8 Å². The van der Waals surface area contributed by atoms with Gasteiger partial charge in [-0.1, -0.05) is 12.1 Å². The number of aryl methyl sites for hydroxylation is 2. The molecular weight excluding hydrogens is 438 g/mol. The Hall–Kier alpha value is -3.88. The first-order chi connectivity index (χ1) is 16.1. The smallest absolute Gasteiger partial charge is 0.407 e. The molecule has 1 aliphatic rings. The topological polar surface area (TPSA) is 134 Å². The Bertz CT molecular complexity index is 1040. The first kappa shape index (κ1) is 24.8. The van der Waals surface area contributed by atoms with E-state index in [1.165, 1.54) is 0 Å². The first-order valence-corrected chi connectivity index (χ1v) is 11.0. The summed E-state index contributed by atoms with van der Waals surface area (Å²) in [6, 6.07) is 10.3. The zero-order chi connectivity index (χ0) is 24.9. The highest BCUT2D eigenvalue weighted by Gasteiger charge is 2.46. The summed E-state index contributed by atoms with van der Waals surface area (Å²) in [7, 11) is 0. The number of amides is 3. The van der Waals surface area contributed by atoms with Crippen molar-refractivity contribution in [3.63, 3.8) is 0 Å². The lowest BCUT2D eigenvalue weighted by molar-refractivity contribution is -0.142. The summed E-state index contributed by atoms with van der Waals surface area (Å²) < 4.78 is 5.29. The van der Waals surface area contributed by atoms with Gasteiger partial charge in [-0.3, -0.25) is 14.4 Å². The predicted octanol–water partition coefficient (Wildman–Crippen LogP) is 3.21. The van der Waals surface area contributed by atoms with Crippen LogP contribution in [0.1, 0.15) is 49.4 Å². The van der Waals surface area contributed by atoms with Gasteiger partial charge in [-0.05, 0) is 86.6 Å². The molecule has 2 aromatic rings. The average molecular weight is 468 g/mol. The summed E-state index contributed by atoms with van der Waals surface area (Å²) in [5.74, 6) is -1.06. The minimum absolute atomic E-state index is 0.0583. The summed E-state index contributed by atoms with van der Waals surface area (Å²) in [6.07, 6.45) is 1.66. The number of alkyl carbamates (subject to hydrolysis) is 1. The van der Waals surface area contributed by atoms with Crippen molar-refractivity contribution in [2.75, 3.05) is 17.2 Å². The molecule has 34 heavy (non-hydrogen) atoms. The molecule has 3 rings (SSSR count). The number of rotatable bonds is 8. The summed E-state index contributed by atoms with van der Waals surface area (Å²) in [4.78, 5) is 47.1. The van der Waals surface area contributed by atoms with Gasteiger partial charge < -0.3 is 25.8 Å². The molecule has 9 nitrogen and oxygen atoms in total. The fraction of sp³-hybridized carbons (Fsp3) is 0.360. The van der Waals surface area contributed by atoms with Gasteiger partial charge in [0, 0.05) is 17.9 Å². The van der Waals surface area contributed by atoms with E-state index in [-0.39, 0.29) is 13.0 Å². The standard InChI is InChI=1S/C25H29N3O6/c1-24(2,3)34-23(33)26-11-10-25(22(31)32)20-8-6-18(27-14-29)12-16(20)4-5-17-13-19(28-15-30)7-9-21(17)25/h6-9,12-15H,4-5,10-11H2,1-3H3,(H,26,33)(H,27,29)(H,28,30)(H,31,32). The van der Waals surface area contributed by atoms with E-state index in [9.17, 15) is 24.3 Å². The molecule has 4 N–H and O–H groups in total. The lowest BCUT2D eigenvalue weighted by atomic mass is 9.70. The fourth-order valence-electron chi connectivity index (χ4n) is 4.44. The third-order valence-electron chi connectivity index (χ3n) is 5.78. The van der Waals surface area contributed by atoms with Crippen LogP contribution in [-0.4, -0.2) is 42.1 Å². The van der Waals surface area contributed by atoms with Crippen molar-refractivity contribution < 1.29 is 29.0 Å².